The fourth-order valence-electron chi connectivity index (χ4n) is 2.14. The zero-order chi connectivity index (χ0) is 17.6. The standard InChI is InChI=1S/C18H22N2O3S.ClH/c1-14(11-19)12-20-18(21)16-7-9-17(10-8-16)24(22,23)13-15-5-3-2-4-6-15;/h2-10,14H,11-13,19H2,1H3,(H,20,21);1H. The lowest BCUT2D eigenvalue weighted by molar-refractivity contribution is 0.0948. The smallest absolute Gasteiger partial charge is 0.251 e. The summed E-state index contributed by atoms with van der Waals surface area (Å²) < 4.78 is 24.8. The minimum absolute atomic E-state index is 0. The Bertz CT molecular complexity index is 778. The van der Waals surface area contributed by atoms with Gasteiger partial charge >= 0.3 is 0 Å². The molecule has 0 aromatic heterocycles. The van der Waals surface area contributed by atoms with E-state index < -0.39 is 9.84 Å². The molecule has 2 aromatic carbocycles. The van der Waals surface area contributed by atoms with Gasteiger partial charge in [0.2, 0.25) is 0 Å². The average molecular weight is 383 g/mol. The number of nitrogens with one attached hydrogen (secondary N) is 1. The fraction of sp³-hybridized carbons (Fsp3) is 0.278. The molecule has 2 rings (SSSR count). The zero-order valence-corrected chi connectivity index (χ0v) is 15.6. The Balaban J connectivity index is 0.00000312. The van der Waals surface area contributed by atoms with Crippen molar-refractivity contribution < 1.29 is 13.2 Å². The summed E-state index contributed by atoms with van der Waals surface area (Å²) in [6, 6.07) is 15.0. The minimum Gasteiger partial charge on any atom is -0.352 e. The summed E-state index contributed by atoms with van der Waals surface area (Å²) in [5, 5.41) is 2.78. The van der Waals surface area contributed by atoms with Gasteiger partial charge in [0.1, 0.15) is 0 Å². The molecule has 0 saturated heterocycles. The number of benzene rings is 2. The van der Waals surface area contributed by atoms with Crippen LogP contribution >= 0.6 is 12.4 Å². The van der Waals surface area contributed by atoms with Gasteiger partial charge in [-0.2, -0.15) is 0 Å². The minimum atomic E-state index is -3.43. The Morgan fingerprint density at radius 1 is 1.08 bits per heavy atom. The van der Waals surface area contributed by atoms with Crippen LogP contribution in [0.5, 0.6) is 0 Å². The molecule has 25 heavy (non-hydrogen) atoms. The molecular formula is C18H23ClN2O3S. The van der Waals surface area contributed by atoms with Crippen molar-refractivity contribution in [3.63, 3.8) is 0 Å². The Morgan fingerprint density at radius 2 is 1.68 bits per heavy atom. The van der Waals surface area contributed by atoms with Gasteiger partial charge in [0.25, 0.3) is 5.91 Å². The summed E-state index contributed by atoms with van der Waals surface area (Å²) in [6.07, 6.45) is 0. The van der Waals surface area contributed by atoms with E-state index in [-0.39, 0.29) is 34.9 Å². The molecule has 1 atom stereocenters. The number of hydrogen-bond donors (Lipinski definition) is 2. The van der Waals surface area contributed by atoms with Gasteiger partial charge in [0.05, 0.1) is 10.6 Å². The normalized spacial score (nSPS) is 12.1. The Kier molecular flexibility index (Phi) is 8.09. The summed E-state index contributed by atoms with van der Waals surface area (Å²) in [7, 11) is -3.43. The molecule has 136 valence electrons. The van der Waals surface area contributed by atoms with Crippen molar-refractivity contribution in [1.82, 2.24) is 5.32 Å². The van der Waals surface area contributed by atoms with E-state index >= 15 is 0 Å². The largest absolute Gasteiger partial charge is 0.352 e. The van der Waals surface area contributed by atoms with Crippen LogP contribution < -0.4 is 11.1 Å². The summed E-state index contributed by atoms with van der Waals surface area (Å²) in [6.45, 7) is 2.93. The highest BCUT2D eigenvalue weighted by Crippen LogP contribution is 2.17. The van der Waals surface area contributed by atoms with Gasteiger partial charge in [-0.05, 0) is 42.3 Å². The molecule has 0 spiro atoms. The van der Waals surface area contributed by atoms with E-state index in [1.165, 1.54) is 24.3 Å². The maximum absolute atomic E-state index is 12.4. The SMILES string of the molecule is CC(CN)CNC(=O)c1ccc(S(=O)(=O)Cc2ccccc2)cc1.Cl. The van der Waals surface area contributed by atoms with E-state index in [9.17, 15) is 13.2 Å². The average Bonchev–Trinajstić information content (AvgIpc) is 2.60. The molecule has 0 fully saturated rings. The van der Waals surface area contributed by atoms with E-state index in [4.69, 9.17) is 5.73 Å². The summed E-state index contributed by atoms with van der Waals surface area (Å²) in [5.41, 5.74) is 6.67. The molecule has 0 bridgehead atoms. The molecule has 7 heteroatoms. The number of rotatable bonds is 7. The maximum atomic E-state index is 12.4. The summed E-state index contributed by atoms with van der Waals surface area (Å²) in [5.74, 6) is -0.102. The zero-order valence-electron chi connectivity index (χ0n) is 14.0. The van der Waals surface area contributed by atoms with Gasteiger partial charge < -0.3 is 11.1 Å². The van der Waals surface area contributed by atoms with E-state index in [0.29, 0.717) is 18.7 Å². The van der Waals surface area contributed by atoms with Gasteiger partial charge in [-0.1, -0.05) is 37.3 Å². The topological polar surface area (TPSA) is 89.3 Å². The number of carbonyl (C=O) groups excluding carboxylic acids is 1. The molecule has 0 radical (unpaired) electrons. The van der Waals surface area contributed by atoms with Gasteiger partial charge in [0, 0.05) is 12.1 Å². The van der Waals surface area contributed by atoms with E-state index in [0.717, 1.165) is 5.56 Å². The third-order valence-corrected chi connectivity index (χ3v) is 5.39. The number of carbonyl (C=O) groups is 1. The van der Waals surface area contributed by atoms with Crippen LogP contribution in [0.25, 0.3) is 0 Å². The van der Waals surface area contributed by atoms with Crippen LogP contribution in [0.4, 0.5) is 0 Å². The first kappa shape index (κ1) is 21.2. The number of hydrogen-bond acceptors (Lipinski definition) is 4. The number of halogens is 1. The summed E-state index contributed by atoms with van der Waals surface area (Å²) in [4.78, 5) is 12.2. The Hall–Kier alpha value is -1.89. The molecule has 0 aliphatic rings. The number of amides is 1. The predicted octanol–water partition coefficient (Wildman–Crippen LogP) is 2.41. The summed E-state index contributed by atoms with van der Waals surface area (Å²) >= 11 is 0. The van der Waals surface area contributed by atoms with Crippen LogP contribution in [-0.2, 0) is 15.6 Å². The third kappa shape index (κ3) is 6.16. The van der Waals surface area contributed by atoms with Crippen molar-refractivity contribution in [3.05, 3.63) is 65.7 Å². The number of nitrogens with two attached hydrogens (primary N) is 1. The highest BCUT2D eigenvalue weighted by molar-refractivity contribution is 7.90. The highest BCUT2D eigenvalue weighted by atomic mass is 35.5. The van der Waals surface area contributed by atoms with Gasteiger partial charge in [0.15, 0.2) is 9.84 Å². The fourth-order valence-corrected chi connectivity index (χ4v) is 3.49. The van der Waals surface area contributed by atoms with Crippen molar-refractivity contribution in [2.75, 3.05) is 13.1 Å². The lowest BCUT2D eigenvalue weighted by Crippen LogP contribution is -2.31. The quantitative estimate of drug-likeness (QED) is 0.769. The van der Waals surface area contributed by atoms with E-state index in [2.05, 4.69) is 5.32 Å². The van der Waals surface area contributed by atoms with Crippen LogP contribution in [0.2, 0.25) is 0 Å². The number of sulfone groups is 1. The van der Waals surface area contributed by atoms with Crippen LogP contribution in [0.3, 0.4) is 0 Å². The first-order chi connectivity index (χ1) is 11.4. The molecule has 2 aromatic rings. The van der Waals surface area contributed by atoms with Crippen LogP contribution in [0.1, 0.15) is 22.8 Å². The van der Waals surface area contributed by atoms with Gasteiger partial charge in [-0.25, -0.2) is 8.42 Å². The van der Waals surface area contributed by atoms with Gasteiger partial charge in [-0.15, -0.1) is 12.4 Å². The first-order valence-corrected chi connectivity index (χ1v) is 9.42. The van der Waals surface area contributed by atoms with Gasteiger partial charge in [-0.3, -0.25) is 4.79 Å². The van der Waals surface area contributed by atoms with Crippen molar-refractivity contribution in [3.8, 4) is 0 Å². The first-order valence-electron chi connectivity index (χ1n) is 7.77. The Morgan fingerprint density at radius 3 is 2.24 bits per heavy atom. The van der Waals surface area contributed by atoms with Crippen LogP contribution in [0, 0.1) is 5.92 Å². The molecule has 1 amide bonds. The molecule has 0 heterocycles. The van der Waals surface area contributed by atoms with Crippen molar-refractivity contribution in [2.24, 2.45) is 11.7 Å². The molecule has 5 nitrogen and oxygen atoms in total. The maximum Gasteiger partial charge on any atom is 0.251 e. The van der Waals surface area contributed by atoms with Crippen molar-refractivity contribution in [2.45, 2.75) is 17.6 Å². The lowest BCUT2D eigenvalue weighted by Gasteiger charge is -2.10. The molecule has 0 aliphatic carbocycles. The second-order valence-electron chi connectivity index (χ2n) is 5.82. The molecule has 0 saturated carbocycles. The van der Waals surface area contributed by atoms with Crippen molar-refractivity contribution >= 4 is 28.2 Å². The Labute approximate surface area is 155 Å². The van der Waals surface area contributed by atoms with Crippen LogP contribution in [-0.4, -0.2) is 27.4 Å². The third-order valence-electron chi connectivity index (χ3n) is 3.69. The predicted molar refractivity (Wildman–Crippen MR) is 102 cm³/mol. The van der Waals surface area contributed by atoms with E-state index in [1.807, 2.05) is 13.0 Å². The molecule has 0 aliphatic heterocycles. The second kappa shape index (κ2) is 9.56. The molecule has 3 N–H and O–H groups in total. The monoisotopic (exact) mass is 382 g/mol. The van der Waals surface area contributed by atoms with E-state index in [1.54, 1.807) is 24.3 Å². The second-order valence-corrected chi connectivity index (χ2v) is 7.81. The highest BCUT2D eigenvalue weighted by Gasteiger charge is 2.16. The lowest BCUT2D eigenvalue weighted by atomic mass is 10.1. The molecular weight excluding hydrogens is 360 g/mol. The molecule has 1 unspecified atom stereocenters. The van der Waals surface area contributed by atoms with Crippen molar-refractivity contribution in [1.29, 1.82) is 0 Å². The van der Waals surface area contributed by atoms with Crippen LogP contribution in [0.15, 0.2) is 59.5 Å².